The van der Waals surface area contributed by atoms with E-state index in [2.05, 4.69) is 14.8 Å². The maximum Gasteiger partial charge on any atom is 0.405 e. The molecule has 2 heterocycles. The highest BCUT2D eigenvalue weighted by Crippen LogP contribution is 2.45. The van der Waals surface area contributed by atoms with Crippen molar-refractivity contribution in [3.05, 3.63) is 42.0 Å². The summed E-state index contributed by atoms with van der Waals surface area (Å²) < 4.78 is 35.2. The first-order valence-corrected chi connectivity index (χ1v) is 15.2. The first-order chi connectivity index (χ1) is 19.0. The van der Waals surface area contributed by atoms with Gasteiger partial charge in [-0.15, -0.1) is 0 Å². The van der Waals surface area contributed by atoms with E-state index in [1.54, 1.807) is 24.3 Å². The van der Waals surface area contributed by atoms with Gasteiger partial charge in [0.15, 0.2) is 6.10 Å². The van der Waals surface area contributed by atoms with Gasteiger partial charge in [0.05, 0.1) is 5.69 Å². The standard InChI is InChI=1S/C27H37N5O7S/c1-2-18-12-14-20(15-13-18)30-40(37,38)31-25(35)27-17-19(27)9-6-4-3-5-7-11-22(39-26(28)36)24(34)32-16-8-10-21(32)23(33)29-27/h6,9,12-15,19,21-22,30H,2-5,7-8,10-11,16-17H2,1H3,(H2,28,36)(H,29,33)(H,31,35)/b9-6+. The van der Waals surface area contributed by atoms with E-state index < -0.39 is 57.6 Å². The fraction of sp³-hybridized carbons (Fsp3) is 0.556. The summed E-state index contributed by atoms with van der Waals surface area (Å²) >= 11 is 0. The Balaban J connectivity index is 1.53. The Morgan fingerprint density at radius 1 is 1.12 bits per heavy atom. The molecule has 2 fully saturated rings. The van der Waals surface area contributed by atoms with Gasteiger partial charge >= 0.3 is 16.3 Å². The second kappa shape index (κ2) is 12.3. The van der Waals surface area contributed by atoms with Crippen LogP contribution in [0.4, 0.5) is 10.5 Å². The van der Waals surface area contributed by atoms with Crippen LogP contribution in [0, 0.1) is 5.92 Å². The molecule has 1 saturated carbocycles. The van der Waals surface area contributed by atoms with E-state index in [4.69, 9.17) is 10.5 Å². The Morgan fingerprint density at radius 2 is 1.88 bits per heavy atom. The lowest BCUT2D eigenvalue weighted by Gasteiger charge is -2.29. The Kier molecular flexibility index (Phi) is 9.02. The van der Waals surface area contributed by atoms with E-state index in [1.807, 2.05) is 19.1 Å². The number of amides is 4. The van der Waals surface area contributed by atoms with Crippen molar-refractivity contribution in [2.75, 3.05) is 11.3 Å². The molecule has 1 aliphatic carbocycles. The van der Waals surface area contributed by atoms with Crippen LogP contribution < -0.4 is 20.5 Å². The Hall–Kier alpha value is -3.61. The average molecular weight is 576 g/mol. The van der Waals surface area contributed by atoms with Crippen molar-refractivity contribution < 1.29 is 32.3 Å². The molecule has 0 aromatic heterocycles. The van der Waals surface area contributed by atoms with Gasteiger partial charge in [0.1, 0.15) is 11.6 Å². The summed E-state index contributed by atoms with van der Waals surface area (Å²) in [4.78, 5) is 53.0. The number of nitrogens with one attached hydrogen (secondary N) is 3. The van der Waals surface area contributed by atoms with Gasteiger partial charge in [-0.3, -0.25) is 19.1 Å². The molecule has 12 nitrogen and oxygen atoms in total. The molecule has 2 aliphatic heterocycles. The van der Waals surface area contributed by atoms with Crippen LogP contribution in [-0.2, 0) is 35.8 Å². The average Bonchev–Trinajstić information content (AvgIpc) is 3.36. The number of ether oxygens (including phenoxy) is 1. The highest BCUT2D eigenvalue weighted by atomic mass is 32.2. The monoisotopic (exact) mass is 575 g/mol. The molecule has 1 saturated heterocycles. The van der Waals surface area contributed by atoms with E-state index in [9.17, 15) is 27.6 Å². The molecule has 13 heteroatoms. The zero-order valence-corrected chi connectivity index (χ0v) is 23.4. The zero-order valence-electron chi connectivity index (χ0n) is 22.6. The summed E-state index contributed by atoms with van der Waals surface area (Å²) in [6.07, 6.45) is 6.69. The van der Waals surface area contributed by atoms with Crippen LogP contribution in [0.2, 0.25) is 0 Å². The number of aryl methyl sites for hydroxylation is 1. The third kappa shape index (κ3) is 6.93. The number of fused-ring (bicyclic) bond motifs is 2. The van der Waals surface area contributed by atoms with Gasteiger partial charge in [-0.1, -0.05) is 37.6 Å². The fourth-order valence-corrected chi connectivity index (χ4v) is 6.30. The maximum atomic E-state index is 13.5. The fourth-order valence-electron chi connectivity index (χ4n) is 5.38. The predicted molar refractivity (Wildman–Crippen MR) is 147 cm³/mol. The molecule has 4 rings (SSSR count). The normalized spacial score (nSPS) is 28.1. The largest absolute Gasteiger partial charge is 0.436 e. The molecule has 0 bridgehead atoms. The molecule has 3 aliphatic rings. The van der Waals surface area contributed by atoms with Crippen LogP contribution >= 0.6 is 0 Å². The number of primary amides is 1. The smallest absolute Gasteiger partial charge is 0.405 e. The molecular weight excluding hydrogens is 538 g/mol. The van der Waals surface area contributed by atoms with Crippen molar-refractivity contribution in [1.82, 2.24) is 14.9 Å². The molecule has 40 heavy (non-hydrogen) atoms. The number of hydrogen-bond donors (Lipinski definition) is 4. The zero-order chi connectivity index (χ0) is 28.9. The molecule has 0 radical (unpaired) electrons. The van der Waals surface area contributed by atoms with Crippen molar-refractivity contribution in [3.63, 3.8) is 0 Å². The minimum Gasteiger partial charge on any atom is -0.436 e. The van der Waals surface area contributed by atoms with Crippen molar-refractivity contribution >= 4 is 39.7 Å². The summed E-state index contributed by atoms with van der Waals surface area (Å²) in [7, 11) is -4.29. The highest BCUT2D eigenvalue weighted by molar-refractivity contribution is 7.91. The number of carbonyl (C=O) groups is 4. The number of nitrogens with two attached hydrogens (primary N) is 1. The number of benzene rings is 1. The molecule has 218 valence electrons. The van der Waals surface area contributed by atoms with Crippen LogP contribution in [0.25, 0.3) is 0 Å². The van der Waals surface area contributed by atoms with Gasteiger partial charge in [0, 0.05) is 12.5 Å². The quantitative estimate of drug-likeness (QED) is 0.374. The summed E-state index contributed by atoms with van der Waals surface area (Å²) in [6.45, 7) is 2.27. The Morgan fingerprint density at radius 3 is 2.58 bits per heavy atom. The summed E-state index contributed by atoms with van der Waals surface area (Å²) in [5.41, 5.74) is 5.05. The van der Waals surface area contributed by atoms with Gasteiger partial charge in [-0.05, 0) is 69.1 Å². The number of hydrogen-bond acceptors (Lipinski definition) is 7. The third-order valence-corrected chi connectivity index (χ3v) is 8.64. The first-order valence-electron chi connectivity index (χ1n) is 13.7. The first kappa shape index (κ1) is 29.4. The van der Waals surface area contributed by atoms with Crippen LogP contribution in [-0.4, -0.2) is 61.4 Å². The maximum absolute atomic E-state index is 13.5. The molecule has 1 aromatic carbocycles. The van der Waals surface area contributed by atoms with Crippen molar-refractivity contribution in [3.8, 4) is 0 Å². The van der Waals surface area contributed by atoms with Gasteiger partial charge < -0.3 is 20.7 Å². The topological polar surface area (TPSA) is 177 Å². The van der Waals surface area contributed by atoms with Crippen molar-refractivity contribution in [1.29, 1.82) is 0 Å². The van der Waals surface area contributed by atoms with E-state index >= 15 is 0 Å². The summed E-state index contributed by atoms with van der Waals surface area (Å²) in [5, 5.41) is 2.77. The van der Waals surface area contributed by atoms with Crippen molar-refractivity contribution in [2.45, 2.75) is 82.4 Å². The number of allylic oxidation sites excluding steroid dienone is 1. The molecule has 4 amide bonds. The number of anilines is 1. The van der Waals surface area contributed by atoms with Gasteiger partial charge in [-0.2, -0.15) is 8.42 Å². The van der Waals surface area contributed by atoms with Crippen LogP contribution in [0.3, 0.4) is 0 Å². The van der Waals surface area contributed by atoms with E-state index in [0.717, 1.165) is 24.8 Å². The third-order valence-electron chi connectivity index (χ3n) is 7.69. The molecule has 0 spiro atoms. The highest BCUT2D eigenvalue weighted by Gasteiger charge is 2.61. The molecule has 4 unspecified atom stereocenters. The number of rotatable bonds is 6. The summed E-state index contributed by atoms with van der Waals surface area (Å²) in [5.74, 6) is -2.33. The van der Waals surface area contributed by atoms with Gasteiger partial charge in [0.2, 0.25) is 5.91 Å². The second-order valence-corrected chi connectivity index (χ2v) is 12.0. The second-order valence-electron chi connectivity index (χ2n) is 10.5. The predicted octanol–water partition coefficient (Wildman–Crippen LogP) is 1.87. The lowest BCUT2D eigenvalue weighted by Crippen LogP contribution is -2.57. The van der Waals surface area contributed by atoms with E-state index in [1.165, 1.54) is 4.90 Å². The summed E-state index contributed by atoms with van der Waals surface area (Å²) in [6, 6.07) is 5.90. The van der Waals surface area contributed by atoms with Crippen LogP contribution in [0.15, 0.2) is 36.4 Å². The molecule has 5 N–H and O–H groups in total. The minimum absolute atomic E-state index is 0.218. The van der Waals surface area contributed by atoms with Crippen LogP contribution in [0.1, 0.15) is 63.9 Å². The Labute approximate surface area is 234 Å². The lowest BCUT2D eigenvalue weighted by atomic mass is 10.1. The SMILES string of the molecule is CCc1ccc(NS(=O)(=O)NC(=O)C23CC2/C=C/CCCCCC(OC(N)=O)C(=O)N2CCCC2C(=O)N3)cc1. The minimum atomic E-state index is -4.29. The molecular formula is C27H37N5O7S. The van der Waals surface area contributed by atoms with Crippen LogP contribution in [0.5, 0.6) is 0 Å². The van der Waals surface area contributed by atoms with E-state index in [0.29, 0.717) is 31.4 Å². The van der Waals surface area contributed by atoms with Crippen molar-refractivity contribution in [2.24, 2.45) is 11.7 Å². The van der Waals surface area contributed by atoms with Gasteiger partial charge in [-0.25, -0.2) is 9.52 Å². The molecule has 4 atom stereocenters. The van der Waals surface area contributed by atoms with Gasteiger partial charge in [0.25, 0.3) is 11.8 Å². The lowest BCUT2D eigenvalue weighted by molar-refractivity contribution is -0.146. The number of carbonyl (C=O) groups excluding carboxylic acids is 4. The van der Waals surface area contributed by atoms with E-state index in [-0.39, 0.29) is 19.4 Å². The Bertz CT molecular complexity index is 1270. The number of nitrogens with zero attached hydrogens (tertiary/aromatic N) is 1. The molecule has 1 aromatic rings.